The third-order valence-corrected chi connectivity index (χ3v) is 3.13. The number of fused-ring (bicyclic) bond motifs is 1. The largest absolute Gasteiger partial charge is 0.379 e. The van der Waals surface area contributed by atoms with E-state index in [0.717, 1.165) is 43.6 Å². The van der Waals surface area contributed by atoms with Crippen LogP contribution in [0.15, 0.2) is 5.51 Å². The Morgan fingerprint density at radius 1 is 1.33 bits per heavy atom. The van der Waals surface area contributed by atoms with Gasteiger partial charge in [-0.25, -0.2) is 0 Å². The van der Waals surface area contributed by atoms with Crippen LogP contribution in [-0.2, 0) is 11.3 Å². The minimum Gasteiger partial charge on any atom is -0.379 e. The molecule has 0 unspecified atom stereocenters. The van der Waals surface area contributed by atoms with Gasteiger partial charge in [-0.3, -0.25) is 4.90 Å². The first kappa shape index (κ1) is 9.20. The highest BCUT2D eigenvalue weighted by atomic mass is 32.1. The lowest BCUT2D eigenvalue weighted by Crippen LogP contribution is -2.36. The second-order valence-corrected chi connectivity index (χ2v) is 4.25. The molecule has 0 N–H and O–H groups in total. The van der Waals surface area contributed by atoms with Crippen molar-refractivity contribution in [3.63, 3.8) is 0 Å². The van der Waals surface area contributed by atoms with Crippen molar-refractivity contribution in [1.82, 2.24) is 24.7 Å². The van der Waals surface area contributed by atoms with Crippen LogP contribution in [0, 0.1) is 0 Å². The Bertz CT molecular complexity index is 447. The smallest absolute Gasteiger partial charge is 0.234 e. The van der Waals surface area contributed by atoms with Crippen LogP contribution in [0.1, 0.15) is 5.82 Å². The van der Waals surface area contributed by atoms with E-state index in [9.17, 15) is 0 Å². The quantitative estimate of drug-likeness (QED) is 0.721. The topological polar surface area (TPSA) is 55.5 Å². The molecule has 1 aliphatic heterocycles. The molecule has 2 aromatic rings. The summed E-state index contributed by atoms with van der Waals surface area (Å²) in [7, 11) is 0. The summed E-state index contributed by atoms with van der Waals surface area (Å²) < 4.78 is 7.10. The van der Waals surface area contributed by atoms with E-state index >= 15 is 0 Å². The lowest BCUT2D eigenvalue weighted by molar-refractivity contribution is 0.0328. The molecule has 0 spiro atoms. The molecule has 0 aromatic carbocycles. The summed E-state index contributed by atoms with van der Waals surface area (Å²) in [4.78, 5) is 3.16. The van der Waals surface area contributed by atoms with E-state index in [2.05, 4.69) is 20.2 Å². The zero-order valence-corrected chi connectivity index (χ0v) is 8.98. The highest BCUT2D eigenvalue weighted by Gasteiger charge is 2.15. The zero-order chi connectivity index (χ0) is 10.1. The lowest BCUT2D eigenvalue weighted by Gasteiger charge is -2.25. The summed E-state index contributed by atoms with van der Waals surface area (Å²) in [6.45, 7) is 4.32. The molecule has 1 aliphatic rings. The van der Waals surface area contributed by atoms with E-state index in [1.807, 2.05) is 0 Å². The van der Waals surface area contributed by atoms with Gasteiger partial charge in [0.15, 0.2) is 5.82 Å². The van der Waals surface area contributed by atoms with Gasteiger partial charge in [0, 0.05) is 13.1 Å². The summed E-state index contributed by atoms with van der Waals surface area (Å²) in [5.41, 5.74) is 1.78. The Morgan fingerprint density at radius 3 is 3.07 bits per heavy atom. The number of rotatable bonds is 2. The molecule has 0 bridgehead atoms. The summed E-state index contributed by atoms with van der Waals surface area (Å²) in [6, 6.07) is 0. The number of nitrogens with zero attached hydrogens (tertiary/aromatic N) is 5. The van der Waals surface area contributed by atoms with Crippen molar-refractivity contribution >= 4 is 16.3 Å². The van der Waals surface area contributed by atoms with Crippen molar-refractivity contribution < 1.29 is 4.74 Å². The first-order valence-corrected chi connectivity index (χ1v) is 5.75. The van der Waals surface area contributed by atoms with Gasteiger partial charge < -0.3 is 4.74 Å². The molecule has 1 fully saturated rings. The SMILES string of the molecule is c1nn2c(CN3CCOCC3)nnc2s1. The van der Waals surface area contributed by atoms with E-state index in [1.54, 1.807) is 10.0 Å². The maximum absolute atomic E-state index is 5.29. The Morgan fingerprint density at radius 2 is 2.20 bits per heavy atom. The predicted molar refractivity (Wildman–Crippen MR) is 54.8 cm³/mol. The van der Waals surface area contributed by atoms with Crippen molar-refractivity contribution in [1.29, 1.82) is 0 Å². The third-order valence-electron chi connectivity index (χ3n) is 2.47. The van der Waals surface area contributed by atoms with Crippen LogP contribution in [0.5, 0.6) is 0 Å². The molecular weight excluding hydrogens is 214 g/mol. The average Bonchev–Trinajstić information content (AvgIpc) is 2.85. The lowest BCUT2D eigenvalue weighted by atomic mass is 10.4. The molecule has 0 atom stereocenters. The van der Waals surface area contributed by atoms with Gasteiger partial charge in [0.2, 0.25) is 4.96 Å². The van der Waals surface area contributed by atoms with Crippen molar-refractivity contribution in [2.75, 3.05) is 26.3 Å². The number of morpholine rings is 1. The van der Waals surface area contributed by atoms with Crippen molar-refractivity contribution in [3.05, 3.63) is 11.3 Å². The summed E-state index contributed by atoms with van der Waals surface area (Å²) in [5, 5.41) is 12.4. The molecule has 0 radical (unpaired) electrons. The first-order chi connectivity index (χ1) is 7.43. The van der Waals surface area contributed by atoms with Crippen molar-refractivity contribution in [3.8, 4) is 0 Å². The molecular formula is C8H11N5OS. The highest BCUT2D eigenvalue weighted by molar-refractivity contribution is 7.14. The molecule has 6 nitrogen and oxygen atoms in total. The predicted octanol–water partition coefficient (Wildman–Crippen LogP) is 0.0180. The minimum absolute atomic E-state index is 0.800. The van der Waals surface area contributed by atoms with Crippen molar-refractivity contribution in [2.24, 2.45) is 0 Å². The second kappa shape index (κ2) is 3.84. The monoisotopic (exact) mass is 225 g/mol. The number of ether oxygens (including phenoxy) is 1. The molecule has 0 aliphatic carbocycles. The van der Waals surface area contributed by atoms with Crippen LogP contribution in [0.3, 0.4) is 0 Å². The molecule has 0 saturated carbocycles. The van der Waals surface area contributed by atoms with E-state index < -0.39 is 0 Å². The van der Waals surface area contributed by atoms with Gasteiger partial charge in [-0.2, -0.15) is 9.61 Å². The van der Waals surface area contributed by atoms with Gasteiger partial charge in [-0.15, -0.1) is 10.2 Å². The maximum Gasteiger partial charge on any atom is 0.234 e. The molecule has 7 heteroatoms. The molecule has 15 heavy (non-hydrogen) atoms. The van der Waals surface area contributed by atoms with Crippen LogP contribution in [0.2, 0.25) is 0 Å². The fraction of sp³-hybridized carbons (Fsp3) is 0.625. The third kappa shape index (κ3) is 1.73. The van der Waals surface area contributed by atoms with Gasteiger partial charge >= 0.3 is 0 Å². The molecule has 3 rings (SSSR count). The second-order valence-electron chi connectivity index (χ2n) is 3.44. The molecule has 2 aromatic heterocycles. The standard InChI is InChI=1S/C8H11N5OS/c1-3-14-4-2-12(1)5-7-10-11-8-13(7)9-6-15-8/h6H,1-5H2. The summed E-state index contributed by atoms with van der Waals surface area (Å²) in [5.74, 6) is 0.910. The minimum atomic E-state index is 0.800. The Labute approximate surface area is 90.5 Å². The van der Waals surface area contributed by atoms with Crippen LogP contribution in [0.25, 0.3) is 4.96 Å². The van der Waals surface area contributed by atoms with Crippen LogP contribution in [0.4, 0.5) is 0 Å². The van der Waals surface area contributed by atoms with E-state index in [4.69, 9.17) is 4.74 Å². The maximum atomic E-state index is 5.29. The van der Waals surface area contributed by atoms with E-state index in [1.165, 1.54) is 11.3 Å². The van der Waals surface area contributed by atoms with Crippen molar-refractivity contribution in [2.45, 2.75) is 6.54 Å². The van der Waals surface area contributed by atoms with Gasteiger partial charge in [0.05, 0.1) is 19.8 Å². The Hall–Kier alpha value is -1.05. The van der Waals surface area contributed by atoms with Gasteiger partial charge in [0.1, 0.15) is 5.51 Å². The fourth-order valence-corrected chi connectivity index (χ4v) is 2.24. The Kier molecular flexibility index (Phi) is 2.35. The van der Waals surface area contributed by atoms with Gasteiger partial charge in [-0.05, 0) is 0 Å². The molecule has 80 valence electrons. The number of hydrogen-bond donors (Lipinski definition) is 0. The van der Waals surface area contributed by atoms with E-state index in [-0.39, 0.29) is 0 Å². The van der Waals surface area contributed by atoms with Gasteiger partial charge in [-0.1, -0.05) is 11.3 Å². The first-order valence-electron chi connectivity index (χ1n) is 4.87. The number of aromatic nitrogens is 4. The normalized spacial score (nSPS) is 18.7. The van der Waals surface area contributed by atoms with Gasteiger partial charge in [0.25, 0.3) is 0 Å². The molecule has 3 heterocycles. The average molecular weight is 225 g/mol. The highest BCUT2D eigenvalue weighted by Crippen LogP contribution is 2.09. The molecule has 0 amide bonds. The van der Waals surface area contributed by atoms with E-state index in [0.29, 0.717) is 0 Å². The van der Waals surface area contributed by atoms with Crippen LogP contribution < -0.4 is 0 Å². The fourth-order valence-electron chi connectivity index (χ4n) is 1.66. The van der Waals surface area contributed by atoms with Crippen LogP contribution >= 0.6 is 11.3 Å². The zero-order valence-electron chi connectivity index (χ0n) is 8.17. The summed E-state index contributed by atoms with van der Waals surface area (Å²) >= 11 is 1.51. The van der Waals surface area contributed by atoms with Crippen LogP contribution in [-0.4, -0.2) is 51.0 Å². The summed E-state index contributed by atoms with van der Waals surface area (Å²) in [6.07, 6.45) is 0. The molecule has 1 saturated heterocycles. The Balaban J connectivity index is 1.79. The number of hydrogen-bond acceptors (Lipinski definition) is 6.